The van der Waals surface area contributed by atoms with Crippen molar-refractivity contribution in [2.75, 3.05) is 47.7 Å². The second kappa shape index (κ2) is 17.8. The Labute approximate surface area is 241 Å². The molecule has 40 heavy (non-hydrogen) atoms. The summed E-state index contributed by atoms with van der Waals surface area (Å²) < 4.78 is 27.6. The van der Waals surface area contributed by atoms with Crippen molar-refractivity contribution in [3.05, 3.63) is 23.8 Å². The number of carbonyl (C=O) groups excluding carboxylic acids is 1. The maximum atomic E-state index is 13.0. The van der Waals surface area contributed by atoms with E-state index in [2.05, 4.69) is 25.2 Å². The first-order valence-electron chi connectivity index (χ1n) is 14.7. The predicted octanol–water partition coefficient (Wildman–Crippen LogP) is 3.59. The summed E-state index contributed by atoms with van der Waals surface area (Å²) in [6.07, 6.45) is 2.58. The van der Waals surface area contributed by atoms with Crippen LogP contribution < -0.4 is 20.5 Å². The van der Waals surface area contributed by atoms with Gasteiger partial charge in [-0.3, -0.25) is 4.79 Å². The number of benzene rings is 1. The molecule has 0 spiro atoms. The Morgan fingerprint density at radius 1 is 1.10 bits per heavy atom. The molecule has 9 nitrogen and oxygen atoms in total. The van der Waals surface area contributed by atoms with E-state index < -0.39 is 12.1 Å². The molecule has 1 saturated heterocycles. The van der Waals surface area contributed by atoms with E-state index in [0.717, 1.165) is 30.6 Å². The number of rotatable bonds is 19. The van der Waals surface area contributed by atoms with Crippen molar-refractivity contribution in [1.82, 2.24) is 5.32 Å². The fraction of sp³-hybridized carbons (Fsp3) is 0.774. The normalized spacial score (nSPS) is 20.4. The quantitative estimate of drug-likeness (QED) is 0.217. The van der Waals surface area contributed by atoms with E-state index in [-0.39, 0.29) is 35.9 Å². The molecular formula is C31H54N2O7. The molecule has 1 aromatic carbocycles. The molecule has 1 amide bonds. The predicted molar refractivity (Wildman–Crippen MR) is 157 cm³/mol. The molecule has 4 N–H and O–H groups in total. The summed E-state index contributed by atoms with van der Waals surface area (Å²) in [4.78, 5) is 13.0. The Bertz CT molecular complexity index is 866. The lowest BCUT2D eigenvalue weighted by molar-refractivity contribution is -0.128. The monoisotopic (exact) mass is 566 g/mol. The van der Waals surface area contributed by atoms with Gasteiger partial charge in [-0.1, -0.05) is 33.8 Å². The summed E-state index contributed by atoms with van der Waals surface area (Å²) in [6.45, 7) is 10.5. The van der Waals surface area contributed by atoms with E-state index in [4.69, 9.17) is 29.4 Å². The van der Waals surface area contributed by atoms with Gasteiger partial charge in [-0.2, -0.15) is 0 Å². The van der Waals surface area contributed by atoms with Crippen molar-refractivity contribution in [3.63, 3.8) is 0 Å². The third-order valence-electron chi connectivity index (χ3n) is 8.01. The van der Waals surface area contributed by atoms with Crippen molar-refractivity contribution < 1.29 is 33.6 Å². The van der Waals surface area contributed by atoms with E-state index in [1.807, 2.05) is 26.0 Å². The minimum absolute atomic E-state index is 0.0464. The lowest BCUT2D eigenvalue weighted by Gasteiger charge is -2.30. The van der Waals surface area contributed by atoms with E-state index in [1.165, 1.54) is 0 Å². The third-order valence-corrected chi connectivity index (χ3v) is 8.01. The zero-order valence-corrected chi connectivity index (χ0v) is 25.7. The Kier molecular flexibility index (Phi) is 15.3. The van der Waals surface area contributed by atoms with Gasteiger partial charge in [0.05, 0.1) is 38.6 Å². The molecule has 0 radical (unpaired) electrons. The van der Waals surface area contributed by atoms with Crippen molar-refractivity contribution in [3.8, 4) is 11.5 Å². The van der Waals surface area contributed by atoms with Crippen molar-refractivity contribution in [1.29, 1.82) is 0 Å². The summed E-state index contributed by atoms with van der Waals surface area (Å²) in [7, 11) is 4.99. The van der Waals surface area contributed by atoms with Crippen LogP contribution in [0.1, 0.15) is 58.9 Å². The van der Waals surface area contributed by atoms with Crippen molar-refractivity contribution in [2.45, 2.75) is 84.2 Å². The van der Waals surface area contributed by atoms with Gasteiger partial charge in [0.15, 0.2) is 11.5 Å². The van der Waals surface area contributed by atoms with Gasteiger partial charge in [-0.05, 0) is 54.7 Å². The highest BCUT2D eigenvalue weighted by molar-refractivity contribution is 5.79. The second-order valence-corrected chi connectivity index (χ2v) is 11.7. The van der Waals surface area contributed by atoms with Gasteiger partial charge in [0.2, 0.25) is 5.91 Å². The number of amides is 1. The minimum Gasteiger partial charge on any atom is -0.493 e. The summed E-state index contributed by atoms with van der Waals surface area (Å²) in [5, 5.41) is 14.1. The van der Waals surface area contributed by atoms with Crippen LogP contribution in [0.25, 0.3) is 0 Å². The van der Waals surface area contributed by atoms with Crippen LogP contribution in [0.15, 0.2) is 18.2 Å². The van der Waals surface area contributed by atoms with E-state index in [1.54, 1.807) is 21.3 Å². The molecule has 0 saturated carbocycles. The molecule has 9 heteroatoms. The molecule has 0 bridgehead atoms. The van der Waals surface area contributed by atoms with Gasteiger partial charge in [0.25, 0.3) is 0 Å². The largest absolute Gasteiger partial charge is 0.493 e. The van der Waals surface area contributed by atoms with Crippen LogP contribution in [-0.4, -0.2) is 83.1 Å². The topological polar surface area (TPSA) is 122 Å². The van der Waals surface area contributed by atoms with Crippen LogP contribution in [0.2, 0.25) is 0 Å². The molecule has 0 aliphatic carbocycles. The fourth-order valence-corrected chi connectivity index (χ4v) is 5.19. The van der Waals surface area contributed by atoms with Crippen molar-refractivity contribution >= 4 is 5.91 Å². The number of aliphatic hydroxyl groups excluding tert-OH is 1. The van der Waals surface area contributed by atoms with E-state index >= 15 is 0 Å². The number of hydrogen-bond donors (Lipinski definition) is 3. The van der Waals surface area contributed by atoms with Gasteiger partial charge < -0.3 is 39.8 Å². The van der Waals surface area contributed by atoms with E-state index in [0.29, 0.717) is 50.9 Å². The number of aliphatic hydroxyl groups is 1. The molecule has 1 aliphatic rings. The van der Waals surface area contributed by atoms with Crippen LogP contribution in [0.4, 0.5) is 0 Å². The number of carbonyl (C=O) groups is 1. The Hall–Kier alpha value is -1.91. The highest BCUT2D eigenvalue weighted by Crippen LogP contribution is 2.32. The lowest BCUT2D eigenvalue weighted by atomic mass is 9.81. The lowest BCUT2D eigenvalue weighted by Crippen LogP contribution is -2.44. The number of nitrogens with two attached hydrogens (primary N) is 1. The Balaban J connectivity index is 1.96. The second-order valence-electron chi connectivity index (χ2n) is 11.7. The minimum atomic E-state index is -0.782. The number of hydrogen-bond acceptors (Lipinski definition) is 8. The van der Waals surface area contributed by atoms with E-state index in [9.17, 15) is 9.90 Å². The van der Waals surface area contributed by atoms with Crippen molar-refractivity contribution in [2.24, 2.45) is 29.4 Å². The third kappa shape index (κ3) is 11.2. The zero-order chi connectivity index (χ0) is 29.7. The van der Waals surface area contributed by atoms with Crippen LogP contribution in [0, 0.1) is 23.7 Å². The molecule has 0 aromatic heterocycles. The van der Waals surface area contributed by atoms with Gasteiger partial charge in [-0.15, -0.1) is 0 Å². The first-order chi connectivity index (χ1) is 19.1. The van der Waals surface area contributed by atoms with Gasteiger partial charge in [0.1, 0.15) is 0 Å². The first-order valence-corrected chi connectivity index (χ1v) is 14.7. The molecule has 0 unspecified atom stereocenters. The van der Waals surface area contributed by atoms with Crippen LogP contribution in [0.3, 0.4) is 0 Å². The first kappa shape index (κ1) is 34.3. The molecule has 230 valence electrons. The number of nitrogens with one attached hydrogen (secondary N) is 1. The van der Waals surface area contributed by atoms with Gasteiger partial charge in [0, 0.05) is 52.2 Å². The molecular weight excluding hydrogens is 512 g/mol. The number of ether oxygens (including phenoxy) is 5. The summed E-state index contributed by atoms with van der Waals surface area (Å²) in [5.41, 5.74) is 7.69. The highest BCUT2D eigenvalue weighted by atomic mass is 16.5. The Morgan fingerprint density at radius 2 is 1.85 bits per heavy atom. The van der Waals surface area contributed by atoms with Crippen LogP contribution in [-0.2, 0) is 25.4 Å². The highest BCUT2D eigenvalue weighted by Gasteiger charge is 2.31. The SMILES string of the molecule is COCCCOc1cc(C[C@@H](C[C@H](N)[C@@H](O)C[C@H](C(=O)NC[C@@H]2C[C@H](OC)CO2)C(C)C)C(C)C)ccc1OC. The molecule has 1 fully saturated rings. The smallest absolute Gasteiger partial charge is 0.223 e. The summed E-state index contributed by atoms with van der Waals surface area (Å²) >= 11 is 0. The standard InChI is InChI=1S/C31H54N2O7/c1-20(2)23(13-22-9-10-29(38-7)30(14-22)39-12-8-11-36-5)15-27(32)28(34)17-26(21(3)4)31(35)33-18-24-16-25(37-6)19-40-24/h9-10,14,20-21,23-28,34H,8,11-13,15-19,32H2,1-7H3,(H,33,35)/t23-,24-,25-,26-,27-,28-/m0/s1. The molecule has 2 rings (SSSR count). The maximum Gasteiger partial charge on any atom is 0.223 e. The zero-order valence-electron chi connectivity index (χ0n) is 25.7. The molecule has 1 aromatic rings. The average Bonchev–Trinajstić information content (AvgIpc) is 3.40. The van der Waals surface area contributed by atoms with Crippen LogP contribution >= 0.6 is 0 Å². The maximum absolute atomic E-state index is 13.0. The van der Waals surface area contributed by atoms with Crippen LogP contribution in [0.5, 0.6) is 11.5 Å². The van der Waals surface area contributed by atoms with Gasteiger partial charge >= 0.3 is 0 Å². The molecule has 6 atom stereocenters. The summed E-state index contributed by atoms with van der Waals surface area (Å²) in [5.74, 6) is 1.69. The summed E-state index contributed by atoms with van der Waals surface area (Å²) in [6, 6.07) is 5.58. The Morgan fingerprint density at radius 3 is 2.45 bits per heavy atom. The molecule has 1 aliphatic heterocycles. The average molecular weight is 567 g/mol. The van der Waals surface area contributed by atoms with Gasteiger partial charge in [-0.25, -0.2) is 0 Å². The fourth-order valence-electron chi connectivity index (χ4n) is 5.19. The molecule has 1 heterocycles. The number of methoxy groups -OCH3 is 3.